The summed E-state index contributed by atoms with van der Waals surface area (Å²) in [7, 11) is -1.84. The Balaban J connectivity index is 1.94. The molecule has 0 bridgehead atoms. The van der Waals surface area contributed by atoms with Crippen LogP contribution in [-0.2, 0) is 19.6 Å². The number of likely N-dealkylation sites (tertiary alicyclic amines) is 2. The summed E-state index contributed by atoms with van der Waals surface area (Å²) in [5, 5.41) is 9.08. The highest BCUT2D eigenvalue weighted by molar-refractivity contribution is 7.88. The summed E-state index contributed by atoms with van der Waals surface area (Å²) in [5.41, 5.74) is -0.522. The van der Waals surface area contributed by atoms with Gasteiger partial charge in [0.1, 0.15) is 0 Å². The topological polar surface area (TPSA) is 98.2 Å². The fourth-order valence-electron chi connectivity index (χ4n) is 3.53. The zero-order valence-electron chi connectivity index (χ0n) is 14.4. The van der Waals surface area contributed by atoms with E-state index in [2.05, 4.69) is 0 Å². The molecule has 9 heteroatoms. The van der Waals surface area contributed by atoms with Crippen LogP contribution in [0.5, 0.6) is 0 Å². The Labute approximate surface area is 143 Å². The molecule has 0 aromatic rings. The van der Waals surface area contributed by atoms with Gasteiger partial charge in [0.15, 0.2) is 0 Å². The van der Waals surface area contributed by atoms with Crippen LogP contribution in [0.3, 0.4) is 0 Å². The van der Waals surface area contributed by atoms with Gasteiger partial charge in [-0.1, -0.05) is 0 Å². The van der Waals surface area contributed by atoms with Gasteiger partial charge < -0.3 is 14.9 Å². The fraction of sp³-hybridized carbons (Fsp3) is 0.867. The van der Waals surface area contributed by atoms with Crippen molar-refractivity contribution in [1.29, 1.82) is 0 Å². The van der Waals surface area contributed by atoms with Crippen molar-refractivity contribution in [3.05, 3.63) is 0 Å². The molecular formula is C15H27N3O5S. The number of amides is 2. The fourth-order valence-corrected chi connectivity index (χ4v) is 3.95. The number of sulfonamides is 1. The third-order valence-electron chi connectivity index (χ3n) is 5.11. The van der Waals surface area contributed by atoms with Crippen LogP contribution < -0.4 is 0 Å². The number of rotatable bonds is 6. The Morgan fingerprint density at radius 2 is 2.04 bits per heavy atom. The maximum absolute atomic E-state index is 12.7. The highest BCUT2D eigenvalue weighted by Crippen LogP contribution is 2.40. The maximum atomic E-state index is 12.7. The lowest BCUT2D eigenvalue weighted by molar-refractivity contribution is -0.146. The first-order chi connectivity index (χ1) is 11.2. The SMILES string of the molecule is CN(CCC(=O)N1CCC2(CCCN(CCO)C2=O)C1)S(C)(=O)=O. The standard InChI is InChI=1S/C15H27N3O5S/c1-16(24(2,22)23)8-4-13(20)18-9-6-15(12-18)5-3-7-17(10-11-19)14(15)21/h19H,3-12H2,1-2H3. The number of aliphatic hydroxyl groups is 1. The average molecular weight is 361 g/mol. The largest absolute Gasteiger partial charge is 0.395 e. The molecule has 0 aromatic heterocycles. The molecule has 2 rings (SSSR count). The number of β-amino-alcohol motifs (C(OH)–C–C–N with tert-alkyl or cyclic N) is 1. The molecule has 2 amide bonds. The number of piperidine rings is 1. The van der Waals surface area contributed by atoms with Crippen molar-refractivity contribution >= 4 is 21.8 Å². The van der Waals surface area contributed by atoms with E-state index >= 15 is 0 Å². The van der Waals surface area contributed by atoms with Crippen molar-refractivity contribution in [3.63, 3.8) is 0 Å². The van der Waals surface area contributed by atoms with Crippen LogP contribution in [0.2, 0.25) is 0 Å². The van der Waals surface area contributed by atoms with Gasteiger partial charge in [0.2, 0.25) is 21.8 Å². The minimum absolute atomic E-state index is 0.0337. The smallest absolute Gasteiger partial charge is 0.230 e. The molecule has 2 aliphatic rings. The molecule has 0 aliphatic carbocycles. The third kappa shape index (κ3) is 4.07. The number of carbonyl (C=O) groups excluding carboxylic acids is 2. The number of carbonyl (C=O) groups is 2. The van der Waals surface area contributed by atoms with Gasteiger partial charge in [0.25, 0.3) is 0 Å². The lowest BCUT2D eigenvalue weighted by Gasteiger charge is -2.39. The summed E-state index contributed by atoms with van der Waals surface area (Å²) in [6.07, 6.45) is 3.51. The monoisotopic (exact) mass is 361 g/mol. The Morgan fingerprint density at radius 3 is 2.67 bits per heavy atom. The molecule has 2 saturated heterocycles. The highest BCUT2D eigenvalue weighted by atomic mass is 32.2. The molecule has 0 saturated carbocycles. The zero-order valence-corrected chi connectivity index (χ0v) is 15.2. The van der Waals surface area contributed by atoms with Crippen LogP contribution in [0.4, 0.5) is 0 Å². The van der Waals surface area contributed by atoms with Gasteiger partial charge in [-0.3, -0.25) is 9.59 Å². The van der Waals surface area contributed by atoms with E-state index in [4.69, 9.17) is 5.11 Å². The summed E-state index contributed by atoms with van der Waals surface area (Å²) in [4.78, 5) is 28.4. The lowest BCUT2D eigenvalue weighted by Crippen LogP contribution is -2.51. The lowest BCUT2D eigenvalue weighted by atomic mass is 9.78. The minimum atomic E-state index is -3.29. The van der Waals surface area contributed by atoms with Crippen LogP contribution in [0.1, 0.15) is 25.7 Å². The predicted molar refractivity (Wildman–Crippen MR) is 88.6 cm³/mol. The van der Waals surface area contributed by atoms with Crippen molar-refractivity contribution in [2.45, 2.75) is 25.7 Å². The average Bonchev–Trinajstić information content (AvgIpc) is 2.94. The van der Waals surface area contributed by atoms with Gasteiger partial charge in [-0.05, 0) is 19.3 Å². The Hall–Kier alpha value is -1.19. The summed E-state index contributed by atoms with van der Waals surface area (Å²) in [6.45, 7) is 2.02. The van der Waals surface area contributed by atoms with E-state index in [1.54, 1.807) is 9.80 Å². The summed E-state index contributed by atoms with van der Waals surface area (Å²) >= 11 is 0. The first kappa shape index (κ1) is 19.1. The quantitative estimate of drug-likeness (QED) is 0.661. The van der Waals surface area contributed by atoms with Crippen molar-refractivity contribution in [3.8, 4) is 0 Å². The molecule has 0 radical (unpaired) electrons. The molecule has 24 heavy (non-hydrogen) atoms. The van der Waals surface area contributed by atoms with Crippen molar-refractivity contribution in [2.75, 3.05) is 52.6 Å². The van der Waals surface area contributed by atoms with Gasteiger partial charge in [0, 0.05) is 46.2 Å². The van der Waals surface area contributed by atoms with Crippen molar-refractivity contribution < 1.29 is 23.1 Å². The summed E-state index contributed by atoms with van der Waals surface area (Å²) < 4.78 is 23.9. The molecule has 1 unspecified atom stereocenters. The second-order valence-corrected chi connectivity index (χ2v) is 8.89. The molecule has 1 N–H and O–H groups in total. The van der Waals surface area contributed by atoms with Crippen molar-refractivity contribution in [1.82, 2.24) is 14.1 Å². The van der Waals surface area contributed by atoms with E-state index in [1.165, 1.54) is 7.05 Å². The second-order valence-electron chi connectivity index (χ2n) is 6.80. The number of aliphatic hydroxyl groups excluding tert-OH is 1. The van der Waals surface area contributed by atoms with E-state index in [0.29, 0.717) is 32.6 Å². The van der Waals surface area contributed by atoms with Crippen LogP contribution in [0.15, 0.2) is 0 Å². The highest BCUT2D eigenvalue weighted by Gasteiger charge is 2.49. The number of hydrogen-bond donors (Lipinski definition) is 1. The van der Waals surface area contributed by atoms with Crippen LogP contribution in [0.25, 0.3) is 0 Å². The Bertz CT molecular complexity index is 592. The second kappa shape index (κ2) is 7.37. The van der Waals surface area contributed by atoms with E-state index in [0.717, 1.165) is 23.4 Å². The van der Waals surface area contributed by atoms with Crippen LogP contribution in [-0.4, -0.2) is 92.1 Å². The zero-order chi connectivity index (χ0) is 18.0. The maximum Gasteiger partial charge on any atom is 0.230 e. The number of hydrogen-bond acceptors (Lipinski definition) is 5. The molecule has 2 fully saturated rings. The molecule has 2 heterocycles. The molecule has 1 spiro atoms. The minimum Gasteiger partial charge on any atom is -0.395 e. The van der Waals surface area contributed by atoms with E-state index in [1.807, 2.05) is 0 Å². The Kier molecular flexibility index (Phi) is 5.87. The van der Waals surface area contributed by atoms with E-state index in [9.17, 15) is 18.0 Å². The first-order valence-corrected chi connectivity index (χ1v) is 10.1. The molecule has 2 aliphatic heterocycles. The van der Waals surface area contributed by atoms with Gasteiger partial charge in [-0.2, -0.15) is 0 Å². The molecular weight excluding hydrogens is 334 g/mol. The van der Waals surface area contributed by atoms with Gasteiger partial charge >= 0.3 is 0 Å². The molecule has 1 atom stereocenters. The van der Waals surface area contributed by atoms with Crippen molar-refractivity contribution in [2.24, 2.45) is 5.41 Å². The van der Waals surface area contributed by atoms with Gasteiger partial charge in [0.05, 0.1) is 18.3 Å². The molecule has 138 valence electrons. The van der Waals surface area contributed by atoms with E-state index in [-0.39, 0.29) is 31.4 Å². The third-order valence-corrected chi connectivity index (χ3v) is 6.42. The van der Waals surface area contributed by atoms with Gasteiger partial charge in [-0.25, -0.2) is 12.7 Å². The van der Waals surface area contributed by atoms with E-state index < -0.39 is 15.4 Å². The molecule has 8 nitrogen and oxygen atoms in total. The van der Waals surface area contributed by atoms with Crippen LogP contribution in [0, 0.1) is 5.41 Å². The first-order valence-electron chi connectivity index (χ1n) is 8.29. The van der Waals surface area contributed by atoms with Crippen LogP contribution >= 0.6 is 0 Å². The summed E-state index contributed by atoms with van der Waals surface area (Å²) in [5.74, 6) is -0.0826. The normalized spacial score (nSPS) is 25.1. The summed E-state index contributed by atoms with van der Waals surface area (Å²) in [6, 6.07) is 0. The number of nitrogens with zero attached hydrogens (tertiary/aromatic N) is 3. The predicted octanol–water partition coefficient (Wildman–Crippen LogP) is -0.899. The Morgan fingerprint density at radius 1 is 1.33 bits per heavy atom. The van der Waals surface area contributed by atoms with Gasteiger partial charge in [-0.15, -0.1) is 0 Å². The molecule has 0 aromatic carbocycles.